The maximum absolute atomic E-state index is 11.9. The summed E-state index contributed by atoms with van der Waals surface area (Å²) in [5.41, 5.74) is 2.49. The van der Waals surface area contributed by atoms with Gasteiger partial charge in [0.2, 0.25) is 0 Å². The summed E-state index contributed by atoms with van der Waals surface area (Å²) in [7, 11) is 0. The van der Waals surface area contributed by atoms with E-state index in [-0.39, 0.29) is 5.78 Å². The van der Waals surface area contributed by atoms with Crippen LogP contribution in [0.2, 0.25) is 5.02 Å². The van der Waals surface area contributed by atoms with Crippen LogP contribution in [-0.2, 0) is 0 Å². The van der Waals surface area contributed by atoms with Crippen LogP contribution in [0.4, 0.5) is 5.69 Å². The van der Waals surface area contributed by atoms with E-state index in [1.54, 1.807) is 18.3 Å². The molecule has 0 atom stereocenters. The maximum Gasteiger partial charge on any atom is 0.187 e. The number of allylic oxidation sites excluding steroid dienone is 1. The van der Waals surface area contributed by atoms with E-state index in [1.165, 1.54) is 6.08 Å². The van der Waals surface area contributed by atoms with Crippen molar-refractivity contribution >= 4 is 39.0 Å². The molecule has 0 aliphatic rings. The van der Waals surface area contributed by atoms with Gasteiger partial charge in [-0.05, 0) is 48.9 Å². The lowest BCUT2D eigenvalue weighted by molar-refractivity contribution is 0.104. The maximum atomic E-state index is 11.9. The van der Waals surface area contributed by atoms with Crippen LogP contribution in [0.1, 0.15) is 15.9 Å². The van der Waals surface area contributed by atoms with Gasteiger partial charge in [-0.1, -0.05) is 33.6 Å². The van der Waals surface area contributed by atoms with Crippen molar-refractivity contribution in [3.8, 4) is 0 Å². The highest BCUT2D eigenvalue weighted by Crippen LogP contribution is 2.22. The smallest absolute Gasteiger partial charge is 0.187 e. The molecule has 4 heteroatoms. The van der Waals surface area contributed by atoms with Gasteiger partial charge in [-0.3, -0.25) is 4.79 Å². The van der Waals surface area contributed by atoms with E-state index in [0.29, 0.717) is 10.6 Å². The summed E-state index contributed by atoms with van der Waals surface area (Å²) in [6.07, 6.45) is 3.13. The Morgan fingerprint density at radius 3 is 2.60 bits per heavy atom. The van der Waals surface area contributed by atoms with Gasteiger partial charge in [0.05, 0.1) is 0 Å². The zero-order valence-corrected chi connectivity index (χ0v) is 13.2. The highest BCUT2D eigenvalue weighted by atomic mass is 79.9. The Labute approximate surface area is 131 Å². The monoisotopic (exact) mass is 349 g/mol. The minimum absolute atomic E-state index is 0.0512. The molecule has 2 nitrogen and oxygen atoms in total. The Kier molecular flexibility index (Phi) is 4.99. The Bertz CT molecular complexity index is 650. The van der Waals surface area contributed by atoms with Gasteiger partial charge in [-0.2, -0.15) is 0 Å². The lowest BCUT2D eigenvalue weighted by atomic mass is 10.1. The van der Waals surface area contributed by atoms with Crippen LogP contribution in [0.5, 0.6) is 0 Å². The Balaban J connectivity index is 2.05. The van der Waals surface area contributed by atoms with Gasteiger partial charge in [0.25, 0.3) is 0 Å². The number of carbonyl (C=O) groups is 1. The molecule has 0 unspecified atom stereocenters. The van der Waals surface area contributed by atoms with Crippen molar-refractivity contribution in [2.45, 2.75) is 6.92 Å². The van der Waals surface area contributed by atoms with Gasteiger partial charge in [0.15, 0.2) is 5.78 Å². The van der Waals surface area contributed by atoms with Crippen molar-refractivity contribution in [3.63, 3.8) is 0 Å². The first-order valence-electron chi connectivity index (χ1n) is 6.06. The zero-order valence-electron chi connectivity index (χ0n) is 10.9. The van der Waals surface area contributed by atoms with E-state index in [2.05, 4.69) is 21.2 Å². The van der Waals surface area contributed by atoms with Crippen LogP contribution in [-0.4, -0.2) is 5.78 Å². The van der Waals surface area contributed by atoms with Crippen LogP contribution in [0.15, 0.2) is 59.2 Å². The summed E-state index contributed by atoms with van der Waals surface area (Å²) in [6, 6.07) is 12.9. The average molecular weight is 351 g/mol. The van der Waals surface area contributed by atoms with Crippen LogP contribution < -0.4 is 5.32 Å². The summed E-state index contributed by atoms with van der Waals surface area (Å²) in [4.78, 5) is 11.9. The topological polar surface area (TPSA) is 29.1 Å². The fourth-order valence-electron chi connectivity index (χ4n) is 1.68. The largest absolute Gasteiger partial charge is 0.361 e. The van der Waals surface area contributed by atoms with Crippen molar-refractivity contribution in [1.82, 2.24) is 0 Å². The quantitative estimate of drug-likeness (QED) is 0.605. The minimum Gasteiger partial charge on any atom is -0.361 e. The highest BCUT2D eigenvalue weighted by Gasteiger charge is 2.02. The van der Waals surface area contributed by atoms with Crippen molar-refractivity contribution in [2.75, 3.05) is 5.32 Å². The molecule has 0 radical (unpaired) electrons. The average Bonchev–Trinajstić information content (AvgIpc) is 2.44. The van der Waals surface area contributed by atoms with Crippen molar-refractivity contribution in [2.24, 2.45) is 0 Å². The molecule has 1 N–H and O–H groups in total. The number of hydrogen-bond acceptors (Lipinski definition) is 2. The molecule has 102 valence electrons. The fourth-order valence-corrected chi connectivity index (χ4v) is 2.12. The number of benzene rings is 2. The molecule has 0 saturated heterocycles. The fraction of sp³-hybridized carbons (Fsp3) is 0.0625. The van der Waals surface area contributed by atoms with Gasteiger partial charge < -0.3 is 5.32 Å². The summed E-state index contributed by atoms with van der Waals surface area (Å²) in [5, 5.41) is 3.77. The Hall–Kier alpha value is -1.58. The molecule has 2 aromatic rings. The SMILES string of the molecule is Cc1c(Cl)cccc1NC=CC(=O)c1ccc(Br)cc1. The van der Waals surface area contributed by atoms with Crippen LogP contribution in [0.25, 0.3) is 0 Å². The van der Waals surface area contributed by atoms with E-state index < -0.39 is 0 Å². The normalized spacial score (nSPS) is 10.8. The molecule has 0 saturated carbocycles. The molecular weight excluding hydrogens is 338 g/mol. The molecule has 0 aromatic heterocycles. The van der Waals surface area contributed by atoms with Gasteiger partial charge in [0, 0.05) is 33.0 Å². The predicted molar refractivity (Wildman–Crippen MR) is 87.4 cm³/mol. The summed E-state index contributed by atoms with van der Waals surface area (Å²) in [6.45, 7) is 1.93. The molecule has 2 rings (SSSR count). The number of ketones is 1. The molecule has 0 fully saturated rings. The van der Waals surface area contributed by atoms with Crippen molar-refractivity contribution in [3.05, 3.63) is 75.4 Å². The van der Waals surface area contributed by atoms with Gasteiger partial charge >= 0.3 is 0 Å². The lowest BCUT2D eigenvalue weighted by Gasteiger charge is -2.06. The second kappa shape index (κ2) is 6.73. The second-order valence-electron chi connectivity index (χ2n) is 4.26. The van der Waals surface area contributed by atoms with E-state index in [0.717, 1.165) is 15.7 Å². The standard InChI is InChI=1S/C16H13BrClNO/c1-11-14(18)3-2-4-15(11)19-10-9-16(20)12-5-7-13(17)8-6-12/h2-10,19H,1H3. The third-order valence-electron chi connectivity index (χ3n) is 2.87. The molecule has 0 heterocycles. The molecule has 0 amide bonds. The Morgan fingerprint density at radius 2 is 1.90 bits per heavy atom. The number of rotatable bonds is 4. The molecule has 20 heavy (non-hydrogen) atoms. The van der Waals surface area contributed by atoms with Gasteiger partial charge in [-0.25, -0.2) is 0 Å². The number of anilines is 1. The summed E-state index contributed by atoms with van der Waals surface area (Å²) in [5.74, 6) is -0.0512. The predicted octanol–water partition coefficient (Wildman–Crippen LogP) is 5.22. The number of carbonyl (C=O) groups excluding carboxylic acids is 1. The first kappa shape index (κ1) is 14.8. The molecule has 2 aromatic carbocycles. The van der Waals surface area contributed by atoms with Crippen molar-refractivity contribution in [1.29, 1.82) is 0 Å². The Morgan fingerprint density at radius 1 is 1.20 bits per heavy atom. The molecule has 0 bridgehead atoms. The highest BCUT2D eigenvalue weighted by molar-refractivity contribution is 9.10. The number of nitrogens with one attached hydrogen (secondary N) is 1. The molecule has 0 aliphatic heterocycles. The lowest BCUT2D eigenvalue weighted by Crippen LogP contribution is -1.97. The number of hydrogen-bond donors (Lipinski definition) is 1. The first-order valence-corrected chi connectivity index (χ1v) is 7.23. The van der Waals surface area contributed by atoms with E-state index in [4.69, 9.17) is 11.6 Å². The number of halogens is 2. The summed E-state index contributed by atoms with van der Waals surface area (Å²) < 4.78 is 0.950. The molecule has 0 aliphatic carbocycles. The van der Waals surface area contributed by atoms with Crippen LogP contribution >= 0.6 is 27.5 Å². The minimum atomic E-state index is -0.0512. The van der Waals surface area contributed by atoms with Crippen LogP contribution in [0.3, 0.4) is 0 Å². The summed E-state index contributed by atoms with van der Waals surface area (Å²) >= 11 is 9.37. The molecular formula is C16H13BrClNO. The van der Waals surface area contributed by atoms with E-state index in [9.17, 15) is 4.79 Å². The van der Waals surface area contributed by atoms with Gasteiger partial charge in [0.1, 0.15) is 0 Å². The van der Waals surface area contributed by atoms with Crippen LogP contribution in [0, 0.1) is 6.92 Å². The van der Waals surface area contributed by atoms with Crippen molar-refractivity contribution < 1.29 is 4.79 Å². The van der Waals surface area contributed by atoms with E-state index >= 15 is 0 Å². The third kappa shape index (κ3) is 3.71. The molecule has 0 spiro atoms. The second-order valence-corrected chi connectivity index (χ2v) is 5.58. The zero-order chi connectivity index (χ0) is 14.5. The first-order chi connectivity index (χ1) is 9.58. The van der Waals surface area contributed by atoms with Gasteiger partial charge in [-0.15, -0.1) is 0 Å². The third-order valence-corrected chi connectivity index (χ3v) is 3.81. The van der Waals surface area contributed by atoms with E-state index in [1.807, 2.05) is 37.3 Å².